The molecule has 0 fully saturated rings. The van der Waals surface area contributed by atoms with Gasteiger partial charge in [0, 0.05) is 46.4 Å². The summed E-state index contributed by atoms with van der Waals surface area (Å²) in [6.07, 6.45) is -1.35. The number of hydrogen-bond acceptors (Lipinski definition) is 9. The smallest absolute Gasteiger partial charge is 0.326 e. The summed E-state index contributed by atoms with van der Waals surface area (Å²) in [6, 6.07) is -5.78. The van der Waals surface area contributed by atoms with Crippen LogP contribution in [-0.4, -0.2) is 152 Å². The number of amides is 5. The number of likely N-dealkylation sites (N-methyl/N-ethyl adjacent to an activating group) is 2. The summed E-state index contributed by atoms with van der Waals surface area (Å²) in [7, 11) is 8.15. The summed E-state index contributed by atoms with van der Waals surface area (Å²) in [5.74, 6) is -5.85. The normalized spacial score (nSPS) is 15.3. The van der Waals surface area contributed by atoms with Crippen LogP contribution >= 0.6 is 0 Å². The Kier molecular flexibility index (Phi) is 20.2. The molecule has 20 heteroatoms. The lowest BCUT2D eigenvalue weighted by Gasteiger charge is -2.35. The summed E-state index contributed by atoms with van der Waals surface area (Å²) in [6.45, 7) is 6.96. The summed E-state index contributed by atoms with van der Waals surface area (Å²) in [4.78, 5) is 86.7. The average molecular weight is 744 g/mol. The molecule has 1 unspecified atom stereocenters. The van der Waals surface area contributed by atoms with Crippen LogP contribution in [0.5, 0.6) is 0 Å². The second-order valence-corrected chi connectivity index (χ2v) is 14.3. The Morgan fingerprint density at radius 3 is 1.79 bits per heavy atom. The van der Waals surface area contributed by atoms with Crippen LogP contribution in [0.2, 0.25) is 0 Å². The molecular formula is C32H63N12O8+. The number of aliphatic imine (C=N–C) groups is 2. The molecule has 14 N–H and O–H groups in total. The fourth-order valence-electron chi connectivity index (χ4n) is 5.23. The van der Waals surface area contributed by atoms with Gasteiger partial charge < -0.3 is 63.8 Å². The Morgan fingerprint density at radius 1 is 0.827 bits per heavy atom. The zero-order valence-electron chi connectivity index (χ0n) is 32.0. The molecule has 0 aromatic rings. The SMILES string of the molecule is CN=C(N)NCC(O)C[C@H](NC(=O)[C@@H](NC(=O)[C@@H](NC(=O)[C@H](CCCN=C(N)N)[N+](C)(C)C)C(C)C)C(C)C)C(=O)N(C)[C@@H](CCC(N)=O)C(=O)O. The van der Waals surface area contributed by atoms with Gasteiger partial charge in [0.2, 0.25) is 23.6 Å². The number of rotatable bonds is 23. The molecule has 0 aliphatic rings. The van der Waals surface area contributed by atoms with Crippen molar-refractivity contribution >= 4 is 47.4 Å². The molecule has 0 bridgehead atoms. The van der Waals surface area contributed by atoms with Gasteiger partial charge in [0.05, 0.1) is 27.2 Å². The Morgan fingerprint density at radius 2 is 1.35 bits per heavy atom. The molecule has 0 aromatic carbocycles. The molecule has 0 saturated carbocycles. The minimum absolute atomic E-state index is 0.00793. The molecule has 6 atom stereocenters. The van der Waals surface area contributed by atoms with Crippen LogP contribution in [0.3, 0.4) is 0 Å². The van der Waals surface area contributed by atoms with E-state index in [0.717, 1.165) is 4.90 Å². The maximum absolute atomic E-state index is 13.8. The number of guanidine groups is 2. The lowest BCUT2D eigenvalue weighted by Crippen LogP contribution is -2.62. The highest BCUT2D eigenvalue weighted by Gasteiger charge is 2.38. The molecule has 0 aliphatic heterocycles. The van der Waals surface area contributed by atoms with Crippen LogP contribution in [0.15, 0.2) is 9.98 Å². The molecule has 0 radical (unpaired) electrons. The minimum atomic E-state index is -1.48. The van der Waals surface area contributed by atoms with Gasteiger partial charge >= 0.3 is 5.97 Å². The van der Waals surface area contributed by atoms with Gasteiger partial charge in [-0.15, -0.1) is 0 Å². The van der Waals surface area contributed by atoms with E-state index < -0.39 is 77.7 Å². The molecule has 0 heterocycles. The number of aliphatic hydroxyl groups excluding tert-OH is 1. The number of nitrogens with one attached hydrogen (secondary N) is 4. The molecule has 0 aliphatic carbocycles. The Hall–Kier alpha value is -4.72. The summed E-state index contributed by atoms with van der Waals surface area (Å²) < 4.78 is 0.255. The second-order valence-electron chi connectivity index (χ2n) is 14.3. The second kappa shape index (κ2) is 22.3. The highest BCUT2D eigenvalue weighted by Crippen LogP contribution is 2.15. The third-order valence-corrected chi connectivity index (χ3v) is 8.31. The van der Waals surface area contributed by atoms with E-state index in [0.29, 0.717) is 19.4 Å². The predicted octanol–water partition coefficient (Wildman–Crippen LogP) is -3.66. The number of carbonyl (C=O) groups excluding carboxylic acids is 5. The summed E-state index contributed by atoms with van der Waals surface area (Å²) >= 11 is 0. The first kappa shape index (κ1) is 47.3. The number of nitrogens with zero attached hydrogens (tertiary/aromatic N) is 4. The minimum Gasteiger partial charge on any atom is -0.480 e. The monoisotopic (exact) mass is 743 g/mol. The number of hydrogen-bond donors (Lipinski definition) is 10. The van der Waals surface area contributed by atoms with Gasteiger partial charge in [-0.2, -0.15) is 0 Å². The largest absolute Gasteiger partial charge is 0.480 e. The maximum atomic E-state index is 13.8. The van der Waals surface area contributed by atoms with E-state index in [4.69, 9.17) is 22.9 Å². The molecule has 0 saturated heterocycles. The van der Waals surface area contributed by atoms with Gasteiger partial charge in [0.25, 0.3) is 5.91 Å². The Bertz CT molecular complexity index is 1280. The van der Waals surface area contributed by atoms with Crippen molar-refractivity contribution in [3.63, 3.8) is 0 Å². The van der Waals surface area contributed by atoms with Crippen molar-refractivity contribution in [1.82, 2.24) is 26.2 Å². The fraction of sp³-hybridized carbons (Fsp3) is 0.750. The molecular weight excluding hydrogens is 680 g/mol. The standard InChI is InChI=1S/C32H62N12O8/c1-17(2)24(42-28(49)25(18(3)4)41-26(47)22(44(7,8)9)11-10-14-38-31(34)35)27(48)40-20(15-19(45)16-39-32(36)37-5)29(50)43(6)21(30(51)52)12-13-23(33)46/h17-22,24-25,45H,10-16H2,1-9H3,(H12-,33,34,35,36,37,38,39,40,41,42,46,47,48,49,51,52)/p+1/t19?,20-,21-,22-,24-,25-/m0/s1. The van der Waals surface area contributed by atoms with E-state index in [1.807, 2.05) is 21.1 Å². The quantitative estimate of drug-likeness (QED) is 0.0210. The first-order chi connectivity index (χ1) is 23.9. The number of carboxylic acid groups (broad SMARTS) is 1. The number of carbonyl (C=O) groups is 6. The van der Waals surface area contributed by atoms with E-state index in [-0.39, 0.29) is 48.1 Å². The number of primary amides is 1. The van der Waals surface area contributed by atoms with E-state index in [1.165, 1.54) is 14.1 Å². The van der Waals surface area contributed by atoms with E-state index in [1.54, 1.807) is 27.7 Å². The van der Waals surface area contributed by atoms with E-state index >= 15 is 0 Å². The first-order valence-electron chi connectivity index (χ1n) is 17.1. The molecule has 0 spiro atoms. The number of nitrogens with two attached hydrogens (primary N) is 4. The van der Waals surface area contributed by atoms with Gasteiger partial charge in [-0.3, -0.25) is 34.0 Å². The number of aliphatic carboxylic acids is 1. The molecule has 0 rings (SSSR count). The molecule has 52 heavy (non-hydrogen) atoms. The third kappa shape index (κ3) is 17.0. The van der Waals surface area contributed by atoms with E-state index in [9.17, 15) is 39.0 Å². The van der Waals surface area contributed by atoms with Crippen molar-refractivity contribution in [1.29, 1.82) is 0 Å². The summed E-state index contributed by atoms with van der Waals surface area (Å²) in [5, 5.41) is 31.3. The lowest BCUT2D eigenvalue weighted by atomic mass is 9.98. The van der Waals surface area contributed by atoms with Crippen molar-refractivity contribution in [3.05, 3.63) is 0 Å². The van der Waals surface area contributed by atoms with Crippen LogP contribution in [0, 0.1) is 11.8 Å². The van der Waals surface area contributed by atoms with Crippen LogP contribution in [-0.2, 0) is 28.8 Å². The highest BCUT2D eigenvalue weighted by atomic mass is 16.4. The molecule has 298 valence electrons. The van der Waals surface area contributed by atoms with Gasteiger partial charge in [0.1, 0.15) is 24.2 Å². The van der Waals surface area contributed by atoms with Crippen molar-refractivity contribution in [3.8, 4) is 0 Å². The van der Waals surface area contributed by atoms with Crippen molar-refractivity contribution in [2.75, 3.05) is 48.3 Å². The zero-order valence-corrected chi connectivity index (χ0v) is 32.0. The predicted molar refractivity (Wildman–Crippen MR) is 196 cm³/mol. The fourth-order valence-corrected chi connectivity index (χ4v) is 5.23. The first-order valence-corrected chi connectivity index (χ1v) is 17.1. The van der Waals surface area contributed by atoms with Crippen LogP contribution < -0.4 is 44.2 Å². The Balaban J connectivity index is 6.30. The summed E-state index contributed by atoms with van der Waals surface area (Å²) in [5.41, 5.74) is 21.7. The van der Waals surface area contributed by atoms with Crippen molar-refractivity contribution in [2.24, 2.45) is 44.8 Å². The van der Waals surface area contributed by atoms with Gasteiger partial charge in [0.15, 0.2) is 18.0 Å². The number of aliphatic hydroxyl groups is 1. The molecule has 0 aromatic heterocycles. The van der Waals surface area contributed by atoms with Crippen molar-refractivity contribution in [2.45, 2.75) is 96.1 Å². The van der Waals surface area contributed by atoms with E-state index in [2.05, 4.69) is 31.3 Å². The van der Waals surface area contributed by atoms with Crippen LogP contribution in [0.4, 0.5) is 0 Å². The van der Waals surface area contributed by atoms with Crippen LogP contribution in [0.1, 0.15) is 59.8 Å². The zero-order chi connectivity index (χ0) is 40.5. The average Bonchev–Trinajstić information content (AvgIpc) is 3.02. The molecule has 5 amide bonds. The third-order valence-electron chi connectivity index (χ3n) is 8.31. The van der Waals surface area contributed by atoms with Crippen LogP contribution in [0.25, 0.3) is 0 Å². The maximum Gasteiger partial charge on any atom is 0.326 e. The topological polar surface area (TPSA) is 323 Å². The number of carboxylic acids is 1. The van der Waals surface area contributed by atoms with Gasteiger partial charge in [-0.25, -0.2) is 4.79 Å². The van der Waals surface area contributed by atoms with Gasteiger partial charge in [-0.05, 0) is 24.7 Å². The van der Waals surface area contributed by atoms with Crippen molar-refractivity contribution < 1.29 is 43.5 Å². The Labute approximate surface area is 306 Å². The lowest BCUT2D eigenvalue weighted by molar-refractivity contribution is -0.886. The van der Waals surface area contributed by atoms with Gasteiger partial charge in [-0.1, -0.05) is 27.7 Å². The molecule has 20 nitrogen and oxygen atoms in total. The number of quaternary nitrogens is 1. The highest BCUT2D eigenvalue weighted by molar-refractivity contribution is 5.95.